The number of carboxylic acids is 1. The second-order valence-corrected chi connectivity index (χ2v) is 6.63. The lowest BCUT2D eigenvalue weighted by Gasteiger charge is -2.33. The summed E-state index contributed by atoms with van der Waals surface area (Å²) in [5.41, 5.74) is 2.48. The van der Waals surface area contributed by atoms with Crippen LogP contribution in [0.1, 0.15) is 46.7 Å². The minimum absolute atomic E-state index is 0.177. The molecule has 1 aromatic carbocycles. The molecule has 3 rings (SSSR count). The van der Waals surface area contributed by atoms with Crippen molar-refractivity contribution >= 4 is 11.9 Å². The van der Waals surface area contributed by atoms with Crippen molar-refractivity contribution in [2.24, 2.45) is 7.05 Å². The molecule has 1 aliphatic rings. The number of amides is 1. The zero-order chi connectivity index (χ0) is 17.8. The Bertz CT molecular complexity index is 752. The van der Waals surface area contributed by atoms with Gasteiger partial charge in [0.25, 0.3) is 0 Å². The summed E-state index contributed by atoms with van der Waals surface area (Å²) < 4.78 is 1.75. The van der Waals surface area contributed by atoms with E-state index >= 15 is 0 Å². The van der Waals surface area contributed by atoms with Gasteiger partial charge in [0.1, 0.15) is 0 Å². The highest BCUT2D eigenvalue weighted by atomic mass is 16.4. The van der Waals surface area contributed by atoms with Crippen LogP contribution < -0.4 is 0 Å². The number of carboxylic acid groups (broad SMARTS) is 1. The SMILES string of the molecule is Cn1cc(CCC(=O)N2CCC[C@H](c3ccc(C(=O)O)cc3)C2)cn1. The molecule has 0 bridgehead atoms. The average Bonchev–Trinajstić information content (AvgIpc) is 3.05. The minimum Gasteiger partial charge on any atom is -0.478 e. The second kappa shape index (κ2) is 7.51. The number of aromatic carboxylic acids is 1. The van der Waals surface area contributed by atoms with Crippen LogP contribution in [0.25, 0.3) is 0 Å². The Morgan fingerprint density at radius 2 is 2.04 bits per heavy atom. The molecule has 1 atom stereocenters. The van der Waals surface area contributed by atoms with Crippen LogP contribution in [-0.4, -0.2) is 44.8 Å². The number of carbonyl (C=O) groups is 2. The highest BCUT2D eigenvalue weighted by Crippen LogP contribution is 2.27. The highest BCUT2D eigenvalue weighted by Gasteiger charge is 2.24. The fraction of sp³-hybridized carbons (Fsp3) is 0.421. The van der Waals surface area contributed by atoms with Crippen LogP contribution in [0.5, 0.6) is 0 Å². The third-order valence-corrected chi connectivity index (χ3v) is 4.79. The highest BCUT2D eigenvalue weighted by molar-refractivity contribution is 5.87. The zero-order valence-corrected chi connectivity index (χ0v) is 14.4. The molecule has 2 heterocycles. The molecule has 0 saturated carbocycles. The van der Waals surface area contributed by atoms with Gasteiger partial charge in [-0.3, -0.25) is 9.48 Å². The molecule has 1 aliphatic heterocycles. The van der Waals surface area contributed by atoms with Crippen LogP contribution in [0, 0.1) is 0 Å². The molecule has 1 N–H and O–H groups in total. The Hall–Kier alpha value is -2.63. The maximum atomic E-state index is 12.5. The Morgan fingerprint density at radius 1 is 1.28 bits per heavy atom. The molecule has 2 aromatic rings. The number of likely N-dealkylation sites (tertiary alicyclic amines) is 1. The molecule has 25 heavy (non-hydrogen) atoms. The number of carbonyl (C=O) groups excluding carboxylic acids is 1. The van der Waals surface area contributed by atoms with E-state index in [-0.39, 0.29) is 11.8 Å². The first-order chi connectivity index (χ1) is 12.0. The van der Waals surface area contributed by atoms with Gasteiger partial charge in [0.2, 0.25) is 5.91 Å². The molecule has 6 nitrogen and oxygen atoms in total. The lowest BCUT2D eigenvalue weighted by molar-refractivity contribution is -0.132. The van der Waals surface area contributed by atoms with Gasteiger partial charge >= 0.3 is 5.97 Å². The number of hydrogen-bond acceptors (Lipinski definition) is 3. The first kappa shape index (κ1) is 17.2. The van der Waals surface area contributed by atoms with Crippen LogP contribution in [0.3, 0.4) is 0 Å². The standard InChI is InChI=1S/C19H23N3O3/c1-21-12-14(11-20-21)4-9-18(23)22-10-2-3-17(13-22)15-5-7-16(8-6-15)19(24)25/h5-8,11-12,17H,2-4,9-10,13H2,1H3,(H,24,25)/t17-/m0/s1. The average molecular weight is 341 g/mol. The first-order valence-electron chi connectivity index (χ1n) is 8.61. The zero-order valence-electron chi connectivity index (χ0n) is 14.4. The van der Waals surface area contributed by atoms with Crippen molar-refractivity contribution in [2.45, 2.75) is 31.6 Å². The van der Waals surface area contributed by atoms with Crippen molar-refractivity contribution in [3.05, 3.63) is 53.3 Å². The molecule has 132 valence electrons. The summed E-state index contributed by atoms with van der Waals surface area (Å²) in [6.07, 6.45) is 6.95. The number of aryl methyl sites for hydroxylation is 2. The van der Waals surface area contributed by atoms with E-state index in [9.17, 15) is 9.59 Å². The van der Waals surface area contributed by atoms with Gasteiger partial charge in [0.15, 0.2) is 0 Å². The largest absolute Gasteiger partial charge is 0.478 e. The van der Waals surface area contributed by atoms with Crippen LogP contribution in [0.15, 0.2) is 36.7 Å². The van der Waals surface area contributed by atoms with Gasteiger partial charge in [-0.1, -0.05) is 12.1 Å². The monoisotopic (exact) mass is 341 g/mol. The lowest BCUT2D eigenvalue weighted by Crippen LogP contribution is -2.39. The minimum atomic E-state index is -0.914. The van der Waals surface area contributed by atoms with Gasteiger partial charge < -0.3 is 10.0 Å². The van der Waals surface area contributed by atoms with E-state index in [1.807, 2.05) is 30.3 Å². The molecule has 6 heteroatoms. The van der Waals surface area contributed by atoms with E-state index in [4.69, 9.17) is 5.11 Å². The molecule has 1 fully saturated rings. The summed E-state index contributed by atoms with van der Waals surface area (Å²) in [5.74, 6) is -0.461. The van der Waals surface area contributed by atoms with Gasteiger partial charge in [-0.05, 0) is 42.5 Å². The van der Waals surface area contributed by atoms with Crippen molar-refractivity contribution in [3.63, 3.8) is 0 Å². The number of nitrogens with zero attached hydrogens (tertiary/aromatic N) is 3. The lowest BCUT2D eigenvalue weighted by atomic mass is 9.90. The second-order valence-electron chi connectivity index (χ2n) is 6.63. The summed E-state index contributed by atoms with van der Waals surface area (Å²) in [6, 6.07) is 7.02. The van der Waals surface area contributed by atoms with Gasteiger partial charge in [0.05, 0.1) is 11.8 Å². The van der Waals surface area contributed by atoms with Gasteiger partial charge in [-0.2, -0.15) is 5.10 Å². The maximum Gasteiger partial charge on any atom is 0.335 e. The third kappa shape index (κ3) is 4.26. The topological polar surface area (TPSA) is 75.4 Å². The van der Waals surface area contributed by atoms with E-state index < -0.39 is 5.97 Å². The van der Waals surface area contributed by atoms with Crippen molar-refractivity contribution < 1.29 is 14.7 Å². The third-order valence-electron chi connectivity index (χ3n) is 4.79. The number of rotatable bonds is 5. The summed E-state index contributed by atoms with van der Waals surface area (Å²) in [5, 5.41) is 13.1. The van der Waals surface area contributed by atoms with E-state index in [0.717, 1.165) is 30.5 Å². The molecular formula is C19H23N3O3. The molecule has 0 aliphatic carbocycles. The van der Waals surface area contributed by atoms with Crippen LogP contribution in [0.2, 0.25) is 0 Å². The number of piperidine rings is 1. The summed E-state index contributed by atoms with van der Waals surface area (Å²) in [6.45, 7) is 1.51. The normalized spacial score (nSPS) is 17.5. The van der Waals surface area contributed by atoms with E-state index in [1.54, 1.807) is 23.0 Å². The Morgan fingerprint density at radius 3 is 2.68 bits per heavy atom. The number of hydrogen-bond donors (Lipinski definition) is 1. The van der Waals surface area contributed by atoms with E-state index in [0.29, 0.717) is 24.9 Å². The Balaban J connectivity index is 1.58. The smallest absolute Gasteiger partial charge is 0.335 e. The van der Waals surface area contributed by atoms with Crippen molar-refractivity contribution in [1.29, 1.82) is 0 Å². The number of benzene rings is 1. The van der Waals surface area contributed by atoms with Crippen molar-refractivity contribution in [2.75, 3.05) is 13.1 Å². The molecule has 1 aromatic heterocycles. The van der Waals surface area contributed by atoms with Gasteiger partial charge in [-0.25, -0.2) is 4.79 Å². The number of aromatic nitrogens is 2. The van der Waals surface area contributed by atoms with Crippen molar-refractivity contribution in [3.8, 4) is 0 Å². The molecule has 0 unspecified atom stereocenters. The quantitative estimate of drug-likeness (QED) is 0.906. The molecular weight excluding hydrogens is 318 g/mol. The van der Waals surface area contributed by atoms with E-state index in [2.05, 4.69) is 5.10 Å². The van der Waals surface area contributed by atoms with Gasteiger partial charge in [-0.15, -0.1) is 0 Å². The summed E-state index contributed by atoms with van der Waals surface area (Å²) in [7, 11) is 1.87. The van der Waals surface area contributed by atoms with E-state index in [1.165, 1.54) is 0 Å². The van der Waals surface area contributed by atoms with Crippen LogP contribution in [0.4, 0.5) is 0 Å². The molecule has 1 saturated heterocycles. The molecule has 0 spiro atoms. The predicted molar refractivity (Wildman–Crippen MR) is 93.5 cm³/mol. The predicted octanol–water partition coefficient (Wildman–Crippen LogP) is 2.46. The van der Waals surface area contributed by atoms with Crippen LogP contribution in [-0.2, 0) is 18.3 Å². The Labute approximate surface area is 147 Å². The first-order valence-corrected chi connectivity index (χ1v) is 8.61. The molecule has 1 amide bonds. The van der Waals surface area contributed by atoms with Gasteiger partial charge in [0, 0.05) is 38.7 Å². The fourth-order valence-electron chi connectivity index (χ4n) is 3.38. The summed E-state index contributed by atoms with van der Waals surface area (Å²) in [4.78, 5) is 25.4. The molecule has 0 radical (unpaired) electrons. The fourth-order valence-corrected chi connectivity index (χ4v) is 3.38. The summed E-state index contributed by atoms with van der Waals surface area (Å²) >= 11 is 0. The van der Waals surface area contributed by atoms with Crippen molar-refractivity contribution in [1.82, 2.24) is 14.7 Å². The van der Waals surface area contributed by atoms with Crippen LogP contribution >= 0.6 is 0 Å². The Kier molecular flexibility index (Phi) is 5.16. The maximum absolute atomic E-state index is 12.5.